The molecule has 2 N–H and O–H groups in total. The van der Waals surface area contributed by atoms with Gasteiger partial charge in [0.1, 0.15) is 0 Å². The van der Waals surface area contributed by atoms with Gasteiger partial charge in [-0.05, 0) is 56.3 Å². The minimum Gasteiger partial charge on any atom is -0.328 e. The molecule has 0 aromatic carbocycles. The summed E-state index contributed by atoms with van der Waals surface area (Å²) in [5, 5.41) is 0. The highest BCUT2D eigenvalue weighted by Crippen LogP contribution is 2.38. The van der Waals surface area contributed by atoms with Gasteiger partial charge in [0.15, 0.2) is 0 Å². The van der Waals surface area contributed by atoms with Crippen molar-refractivity contribution in [3.05, 3.63) is 12.2 Å². The van der Waals surface area contributed by atoms with Gasteiger partial charge < -0.3 is 5.73 Å². The van der Waals surface area contributed by atoms with Crippen molar-refractivity contribution in [2.45, 2.75) is 57.9 Å². The van der Waals surface area contributed by atoms with Gasteiger partial charge in [0.25, 0.3) is 0 Å². The molecule has 0 aliphatic heterocycles. The molecular weight excluding hydrogens is 182 g/mol. The highest BCUT2D eigenvalue weighted by atomic mass is 14.6. The maximum atomic E-state index is 6.10. The van der Waals surface area contributed by atoms with E-state index in [2.05, 4.69) is 19.1 Å². The molecule has 2 rings (SSSR count). The SMILES string of the molecule is CCC1CCC(N)CC1CC1CC=CC1. The van der Waals surface area contributed by atoms with Crippen molar-refractivity contribution >= 4 is 0 Å². The molecule has 0 heterocycles. The first-order valence-corrected chi connectivity index (χ1v) is 6.70. The minimum atomic E-state index is 0.493. The molecule has 1 nitrogen and oxygen atoms in total. The maximum Gasteiger partial charge on any atom is 0.00416 e. The van der Waals surface area contributed by atoms with Crippen LogP contribution in [0.3, 0.4) is 0 Å². The Hall–Kier alpha value is -0.300. The Morgan fingerprint density at radius 1 is 1.13 bits per heavy atom. The second-order valence-electron chi connectivity index (χ2n) is 5.55. The zero-order valence-electron chi connectivity index (χ0n) is 9.99. The summed E-state index contributed by atoms with van der Waals surface area (Å²) in [6, 6.07) is 0.493. The lowest BCUT2D eigenvalue weighted by Crippen LogP contribution is -2.34. The van der Waals surface area contributed by atoms with Gasteiger partial charge >= 0.3 is 0 Å². The van der Waals surface area contributed by atoms with Crippen molar-refractivity contribution in [3.63, 3.8) is 0 Å². The average Bonchev–Trinajstić information content (AvgIpc) is 2.71. The van der Waals surface area contributed by atoms with E-state index < -0.39 is 0 Å². The van der Waals surface area contributed by atoms with Gasteiger partial charge in [0.05, 0.1) is 0 Å². The highest BCUT2D eigenvalue weighted by Gasteiger charge is 2.29. The normalized spacial score (nSPS) is 37.3. The van der Waals surface area contributed by atoms with Crippen LogP contribution in [0.4, 0.5) is 0 Å². The molecule has 0 saturated heterocycles. The molecule has 86 valence electrons. The molecule has 0 amide bonds. The number of hydrogen-bond acceptors (Lipinski definition) is 1. The Bertz CT molecular complexity index is 213. The third-order valence-corrected chi connectivity index (χ3v) is 4.45. The number of nitrogens with two attached hydrogens (primary N) is 1. The van der Waals surface area contributed by atoms with Gasteiger partial charge in [0, 0.05) is 6.04 Å². The highest BCUT2D eigenvalue weighted by molar-refractivity contribution is 4.95. The Kier molecular flexibility index (Phi) is 3.85. The fourth-order valence-corrected chi connectivity index (χ4v) is 3.48. The Labute approximate surface area is 94.1 Å². The molecule has 2 aliphatic rings. The topological polar surface area (TPSA) is 26.0 Å². The summed E-state index contributed by atoms with van der Waals surface area (Å²) >= 11 is 0. The molecule has 0 aromatic heterocycles. The second kappa shape index (κ2) is 5.16. The van der Waals surface area contributed by atoms with Gasteiger partial charge in [-0.2, -0.15) is 0 Å². The van der Waals surface area contributed by atoms with E-state index in [1.807, 2.05) is 0 Å². The summed E-state index contributed by atoms with van der Waals surface area (Å²) in [5.41, 5.74) is 6.10. The molecule has 1 saturated carbocycles. The maximum absolute atomic E-state index is 6.10. The number of rotatable bonds is 3. The molecule has 0 spiro atoms. The van der Waals surface area contributed by atoms with E-state index >= 15 is 0 Å². The van der Waals surface area contributed by atoms with Gasteiger partial charge in [0.2, 0.25) is 0 Å². The van der Waals surface area contributed by atoms with Crippen LogP contribution in [-0.2, 0) is 0 Å². The van der Waals surface area contributed by atoms with E-state index in [9.17, 15) is 0 Å². The van der Waals surface area contributed by atoms with E-state index in [-0.39, 0.29) is 0 Å². The summed E-state index contributed by atoms with van der Waals surface area (Å²) in [5.74, 6) is 2.82. The monoisotopic (exact) mass is 207 g/mol. The van der Waals surface area contributed by atoms with Crippen LogP contribution in [0.5, 0.6) is 0 Å². The fraction of sp³-hybridized carbons (Fsp3) is 0.857. The Balaban J connectivity index is 1.86. The van der Waals surface area contributed by atoms with E-state index in [1.165, 1.54) is 44.9 Å². The second-order valence-corrected chi connectivity index (χ2v) is 5.55. The summed E-state index contributed by atoms with van der Waals surface area (Å²) < 4.78 is 0. The van der Waals surface area contributed by atoms with E-state index in [0.29, 0.717) is 6.04 Å². The number of allylic oxidation sites excluding steroid dienone is 2. The molecular formula is C14H25N. The molecule has 2 aliphatic carbocycles. The third kappa shape index (κ3) is 2.84. The molecule has 0 radical (unpaired) electrons. The lowest BCUT2D eigenvalue weighted by Gasteiger charge is -2.35. The van der Waals surface area contributed by atoms with E-state index in [0.717, 1.165) is 17.8 Å². The summed E-state index contributed by atoms with van der Waals surface area (Å²) in [7, 11) is 0. The quantitative estimate of drug-likeness (QED) is 0.704. The third-order valence-electron chi connectivity index (χ3n) is 4.45. The van der Waals surface area contributed by atoms with Crippen molar-refractivity contribution in [1.29, 1.82) is 0 Å². The predicted molar refractivity (Wildman–Crippen MR) is 65.6 cm³/mol. The first-order valence-electron chi connectivity index (χ1n) is 6.70. The van der Waals surface area contributed by atoms with Crippen LogP contribution in [-0.4, -0.2) is 6.04 Å². The lowest BCUT2D eigenvalue weighted by atomic mass is 9.72. The summed E-state index contributed by atoms with van der Waals surface area (Å²) in [4.78, 5) is 0. The molecule has 3 unspecified atom stereocenters. The minimum absolute atomic E-state index is 0.493. The van der Waals surface area contributed by atoms with Crippen LogP contribution in [0.25, 0.3) is 0 Å². The predicted octanol–water partition coefficient (Wildman–Crippen LogP) is 3.50. The molecule has 1 heteroatoms. The van der Waals surface area contributed by atoms with E-state index in [4.69, 9.17) is 5.73 Å². The fourth-order valence-electron chi connectivity index (χ4n) is 3.48. The van der Waals surface area contributed by atoms with Gasteiger partial charge in [-0.15, -0.1) is 0 Å². The van der Waals surface area contributed by atoms with Crippen molar-refractivity contribution in [2.24, 2.45) is 23.5 Å². The molecule has 3 atom stereocenters. The van der Waals surface area contributed by atoms with Crippen molar-refractivity contribution in [3.8, 4) is 0 Å². The largest absolute Gasteiger partial charge is 0.328 e. The van der Waals surface area contributed by atoms with Crippen LogP contribution in [0.2, 0.25) is 0 Å². The Morgan fingerprint density at radius 3 is 2.53 bits per heavy atom. The van der Waals surface area contributed by atoms with Crippen LogP contribution in [0.15, 0.2) is 12.2 Å². The molecule has 0 bridgehead atoms. The van der Waals surface area contributed by atoms with Gasteiger partial charge in [-0.3, -0.25) is 0 Å². The zero-order chi connectivity index (χ0) is 10.7. The Morgan fingerprint density at radius 2 is 1.87 bits per heavy atom. The van der Waals surface area contributed by atoms with Crippen molar-refractivity contribution < 1.29 is 0 Å². The van der Waals surface area contributed by atoms with Gasteiger partial charge in [-0.25, -0.2) is 0 Å². The first kappa shape index (κ1) is 11.2. The lowest BCUT2D eigenvalue weighted by molar-refractivity contribution is 0.177. The smallest absolute Gasteiger partial charge is 0.00416 e. The first-order chi connectivity index (χ1) is 7.29. The van der Waals surface area contributed by atoms with Crippen molar-refractivity contribution in [1.82, 2.24) is 0 Å². The average molecular weight is 207 g/mol. The summed E-state index contributed by atoms with van der Waals surface area (Å²) in [6.07, 6.45) is 14.1. The van der Waals surface area contributed by atoms with Crippen LogP contribution in [0.1, 0.15) is 51.9 Å². The van der Waals surface area contributed by atoms with Crippen molar-refractivity contribution in [2.75, 3.05) is 0 Å². The van der Waals surface area contributed by atoms with Crippen LogP contribution in [0, 0.1) is 17.8 Å². The molecule has 15 heavy (non-hydrogen) atoms. The van der Waals surface area contributed by atoms with Gasteiger partial charge in [-0.1, -0.05) is 25.5 Å². The van der Waals surface area contributed by atoms with E-state index in [1.54, 1.807) is 0 Å². The standard InChI is InChI=1S/C14H25N/c1-2-12-7-8-14(15)10-13(12)9-11-5-3-4-6-11/h3-4,11-14H,2,5-10,15H2,1H3. The molecule has 0 aromatic rings. The summed E-state index contributed by atoms with van der Waals surface area (Å²) in [6.45, 7) is 2.35. The van der Waals surface area contributed by atoms with Crippen LogP contribution >= 0.6 is 0 Å². The molecule has 1 fully saturated rings. The van der Waals surface area contributed by atoms with Crippen LogP contribution < -0.4 is 5.73 Å². The zero-order valence-corrected chi connectivity index (χ0v) is 9.99. The number of hydrogen-bond donors (Lipinski definition) is 1.